The Morgan fingerprint density at radius 1 is 1.08 bits per heavy atom. The first-order chi connectivity index (χ1) is 11.2. The number of hydrogen-bond donors (Lipinski definition) is 3. The van der Waals surface area contributed by atoms with Gasteiger partial charge in [-0.25, -0.2) is 13.2 Å². The monoisotopic (exact) mass is 347 g/mol. The van der Waals surface area contributed by atoms with E-state index in [0.717, 1.165) is 23.1 Å². The van der Waals surface area contributed by atoms with Crippen molar-refractivity contribution in [2.24, 2.45) is 0 Å². The number of benzene rings is 2. The Balaban J connectivity index is 2.04. The molecule has 0 bridgehead atoms. The Morgan fingerprint density at radius 2 is 1.79 bits per heavy atom. The van der Waals surface area contributed by atoms with Gasteiger partial charge in [-0.2, -0.15) is 0 Å². The lowest BCUT2D eigenvalue weighted by atomic mass is 10.1. The van der Waals surface area contributed by atoms with Crippen LogP contribution >= 0.6 is 0 Å². The molecular weight excluding hydrogens is 326 g/mol. The molecule has 0 fully saturated rings. The van der Waals surface area contributed by atoms with Gasteiger partial charge in [-0.1, -0.05) is 30.3 Å². The highest BCUT2D eigenvalue weighted by molar-refractivity contribution is 7.92. The number of urea groups is 1. The largest absolute Gasteiger partial charge is 0.331 e. The first kappa shape index (κ1) is 17.8. The second kappa shape index (κ2) is 7.35. The molecule has 6 nitrogen and oxygen atoms in total. The molecule has 128 valence electrons. The van der Waals surface area contributed by atoms with Gasteiger partial charge in [-0.05, 0) is 43.2 Å². The fourth-order valence-electron chi connectivity index (χ4n) is 2.24. The van der Waals surface area contributed by atoms with Crippen LogP contribution in [0.25, 0.3) is 0 Å². The van der Waals surface area contributed by atoms with Crippen molar-refractivity contribution < 1.29 is 13.2 Å². The normalized spacial score (nSPS) is 12.3. The predicted octanol–water partition coefficient (Wildman–Crippen LogP) is 3.25. The molecule has 7 heteroatoms. The van der Waals surface area contributed by atoms with E-state index >= 15 is 0 Å². The molecule has 2 aromatic rings. The Hall–Kier alpha value is -2.54. The fourth-order valence-corrected chi connectivity index (χ4v) is 2.79. The first-order valence-corrected chi connectivity index (χ1v) is 9.34. The van der Waals surface area contributed by atoms with E-state index in [1.54, 1.807) is 18.2 Å². The number of carbonyl (C=O) groups is 1. The van der Waals surface area contributed by atoms with Crippen molar-refractivity contribution in [1.29, 1.82) is 0 Å². The maximum absolute atomic E-state index is 12.1. The lowest BCUT2D eigenvalue weighted by Gasteiger charge is -2.17. The Labute approximate surface area is 142 Å². The Bertz CT molecular complexity index is 834. The minimum Gasteiger partial charge on any atom is -0.331 e. The second-order valence-corrected chi connectivity index (χ2v) is 7.38. The number of para-hydroxylation sites is 1. The van der Waals surface area contributed by atoms with Gasteiger partial charge in [0.2, 0.25) is 10.0 Å². The smallest absolute Gasteiger partial charge is 0.319 e. The Morgan fingerprint density at radius 3 is 2.46 bits per heavy atom. The highest BCUT2D eigenvalue weighted by Crippen LogP contribution is 2.19. The lowest BCUT2D eigenvalue weighted by molar-refractivity contribution is 0.249. The topological polar surface area (TPSA) is 87.3 Å². The molecule has 0 unspecified atom stereocenters. The van der Waals surface area contributed by atoms with Gasteiger partial charge in [-0.15, -0.1) is 0 Å². The van der Waals surface area contributed by atoms with Crippen LogP contribution < -0.4 is 15.4 Å². The van der Waals surface area contributed by atoms with Crippen LogP contribution in [0.5, 0.6) is 0 Å². The van der Waals surface area contributed by atoms with E-state index in [-0.39, 0.29) is 12.1 Å². The van der Waals surface area contributed by atoms with Crippen molar-refractivity contribution in [3.8, 4) is 0 Å². The molecule has 2 aromatic carbocycles. The highest BCUT2D eigenvalue weighted by atomic mass is 32.2. The van der Waals surface area contributed by atoms with Crippen LogP contribution in [0.3, 0.4) is 0 Å². The number of carbonyl (C=O) groups excluding carboxylic acids is 1. The molecule has 0 aliphatic rings. The van der Waals surface area contributed by atoms with Crippen LogP contribution in [-0.4, -0.2) is 20.7 Å². The molecule has 0 heterocycles. The van der Waals surface area contributed by atoms with Crippen LogP contribution in [-0.2, 0) is 10.0 Å². The van der Waals surface area contributed by atoms with Gasteiger partial charge >= 0.3 is 6.03 Å². The summed E-state index contributed by atoms with van der Waals surface area (Å²) in [6, 6.07) is 13.8. The van der Waals surface area contributed by atoms with Crippen molar-refractivity contribution in [3.63, 3.8) is 0 Å². The summed E-state index contributed by atoms with van der Waals surface area (Å²) in [6.07, 6.45) is 1.09. The fraction of sp³-hybridized carbons (Fsp3) is 0.235. The molecule has 3 N–H and O–H groups in total. The number of amides is 2. The lowest BCUT2D eigenvalue weighted by Crippen LogP contribution is -2.31. The zero-order valence-electron chi connectivity index (χ0n) is 13.8. The number of anilines is 2. The Kier molecular flexibility index (Phi) is 5.46. The van der Waals surface area contributed by atoms with Crippen LogP contribution in [0.4, 0.5) is 16.2 Å². The number of nitrogens with one attached hydrogen (secondary N) is 3. The third-order valence-electron chi connectivity index (χ3n) is 3.43. The molecular formula is C17H21N3O3S. The number of hydrogen-bond acceptors (Lipinski definition) is 3. The minimum absolute atomic E-state index is 0.282. The van der Waals surface area contributed by atoms with Crippen molar-refractivity contribution in [2.75, 3.05) is 16.3 Å². The first-order valence-electron chi connectivity index (χ1n) is 7.45. The van der Waals surface area contributed by atoms with Gasteiger partial charge < -0.3 is 10.6 Å². The third-order valence-corrected chi connectivity index (χ3v) is 4.04. The number of rotatable bonds is 5. The summed E-state index contributed by atoms with van der Waals surface area (Å²) < 4.78 is 25.0. The maximum Gasteiger partial charge on any atom is 0.319 e. The van der Waals surface area contributed by atoms with Gasteiger partial charge in [-0.3, -0.25) is 4.72 Å². The van der Waals surface area contributed by atoms with Crippen LogP contribution in [0, 0.1) is 6.92 Å². The average molecular weight is 347 g/mol. The van der Waals surface area contributed by atoms with E-state index in [9.17, 15) is 13.2 Å². The summed E-state index contributed by atoms with van der Waals surface area (Å²) in [6.45, 7) is 3.75. The number of aryl methyl sites for hydroxylation is 1. The van der Waals surface area contributed by atoms with Crippen LogP contribution in [0.2, 0.25) is 0 Å². The van der Waals surface area contributed by atoms with Gasteiger partial charge in [0.25, 0.3) is 0 Å². The van der Waals surface area contributed by atoms with Crippen molar-refractivity contribution in [2.45, 2.75) is 19.9 Å². The van der Waals surface area contributed by atoms with Crippen LogP contribution in [0.15, 0.2) is 48.5 Å². The molecule has 0 radical (unpaired) electrons. The second-order valence-electron chi connectivity index (χ2n) is 5.63. The third kappa shape index (κ3) is 5.27. The summed E-state index contributed by atoms with van der Waals surface area (Å²) in [5.41, 5.74) is 2.97. The maximum atomic E-state index is 12.1. The SMILES string of the molecule is Cc1ccccc1NC(=O)N[C@H](C)c1cccc(NS(C)(=O)=O)c1. The predicted molar refractivity (Wildman–Crippen MR) is 96.7 cm³/mol. The van der Waals surface area contributed by atoms with Gasteiger partial charge in [0.15, 0.2) is 0 Å². The van der Waals surface area contributed by atoms with Crippen LogP contribution in [0.1, 0.15) is 24.1 Å². The summed E-state index contributed by atoms with van der Waals surface area (Å²) in [5.74, 6) is 0. The molecule has 0 spiro atoms. The van der Waals surface area contributed by atoms with E-state index in [2.05, 4.69) is 15.4 Å². The molecule has 0 aromatic heterocycles. The molecule has 0 aliphatic heterocycles. The standard InChI is InChI=1S/C17H21N3O3S/c1-12-7-4-5-10-16(12)19-17(21)18-13(2)14-8-6-9-15(11-14)20-24(3,22)23/h4-11,13,20H,1-3H3,(H2,18,19,21)/t13-/m1/s1. The highest BCUT2D eigenvalue weighted by Gasteiger charge is 2.11. The van der Waals surface area contributed by atoms with Gasteiger partial charge in [0.05, 0.1) is 12.3 Å². The molecule has 2 rings (SSSR count). The average Bonchev–Trinajstić information content (AvgIpc) is 2.48. The quantitative estimate of drug-likeness (QED) is 0.776. The van der Waals surface area contributed by atoms with E-state index in [1.165, 1.54) is 0 Å². The summed E-state index contributed by atoms with van der Waals surface area (Å²) in [5, 5.41) is 5.64. The summed E-state index contributed by atoms with van der Waals surface area (Å²) in [7, 11) is -3.34. The summed E-state index contributed by atoms with van der Waals surface area (Å²) >= 11 is 0. The van der Waals surface area contributed by atoms with Crippen molar-refractivity contribution in [3.05, 3.63) is 59.7 Å². The zero-order valence-corrected chi connectivity index (χ0v) is 14.6. The molecule has 0 saturated heterocycles. The number of sulfonamides is 1. The molecule has 1 atom stereocenters. The van der Waals surface area contributed by atoms with E-state index in [0.29, 0.717) is 5.69 Å². The van der Waals surface area contributed by atoms with Gasteiger partial charge in [0.1, 0.15) is 0 Å². The zero-order chi connectivity index (χ0) is 17.7. The molecule has 0 saturated carbocycles. The molecule has 24 heavy (non-hydrogen) atoms. The van der Waals surface area contributed by atoms with E-state index < -0.39 is 10.0 Å². The summed E-state index contributed by atoms with van der Waals surface area (Å²) in [4.78, 5) is 12.1. The van der Waals surface area contributed by atoms with Crippen molar-refractivity contribution in [1.82, 2.24) is 5.32 Å². The van der Waals surface area contributed by atoms with Gasteiger partial charge in [0, 0.05) is 11.4 Å². The minimum atomic E-state index is -3.34. The van der Waals surface area contributed by atoms with E-state index in [1.807, 2.05) is 44.2 Å². The van der Waals surface area contributed by atoms with Crippen molar-refractivity contribution >= 4 is 27.4 Å². The molecule has 0 aliphatic carbocycles. The molecule has 2 amide bonds. The van der Waals surface area contributed by atoms with E-state index in [4.69, 9.17) is 0 Å².